The van der Waals surface area contributed by atoms with Crippen molar-refractivity contribution in [1.82, 2.24) is 10.0 Å². The fraction of sp³-hybridized carbons (Fsp3) is 0.174. The molecule has 0 bridgehead atoms. The fourth-order valence-electron chi connectivity index (χ4n) is 3.27. The zero-order chi connectivity index (χ0) is 22.6. The van der Waals surface area contributed by atoms with E-state index in [2.05, 4.69) is 26.0 Å². The third-order valence-electron chi connectivity index (χ3n) is 4.92. The minimum absolute atomic E-state index is 0.0855. The molecule has 1 amide bonds. The molecule has 1 aliphatic rings. The lowest BCUT2D eigenvalue weighted by atomic mass is 10.1. The minimum Gasteiger partial charge on any atom is -0.454 e. The molecule has 4 rings (SSSR count). The third-order valence-corrected chi connectivity index (χ3v) is 6.94. The molecular formula is C23H21BrN2O5S. The van der Waals surface area contributed by atoms with Crippen LogP contribution in [-0.2, 0) is 27.8 Å². The average Bonchev–Trinajstić information content (AvgIpc) is 3.26. The van der Waals surface area contributed by atoms with Gasteiger partial charge >= 0.3 is 0 Å². The van der Waals surface area contributed by atoms with Crippen LogP contribution in [0.3, 0.4) is 0 Å². The fourth-order valence-corrected chi connectivity index (χ4v) is 4.73. The highest BCUT2D eigenvalue weighted by atomic mass is 79.9. The van der Waals surface area contributed by atoms with Crippen molar-refractivity contribution < 1.29 is 22.7 Å². The summed E-state index contributed by atoms with van der Waals surface area (Å²) < 4.78 is 39.8. The van der Waals surface area contributed by atoms with Gasteiger partial charge in [0.05, 0.1) is 4.90 Å². The van der Waals surface area contributed by atoms with E-state index < -0.39 is 22.0 Å². The molecule has 0 spiro atoms. The average molecular weight is 517 g/mol. The van der Waals surface area contributed by atoms with E-state index in [9.17, 15) is 13.2 Å². The molecule has 0 radical (unpaired) electrons. The van der Waals surface area contributed by atoms with Gasteiger partial charge in [0.2, 0.25) is 22.7 Å². The number of benzene rings is 3. The van der Waals surface area contributed by atoms with Gasteiger partial charge in [0, 0.05) is 11.0 Å². The van der Waals surface area contributed by atoms with Crippen LogP contribution in [0, 0.1) is 0 Å². The Morgan fingerprint density at radius 2 is 1.66 bits per heavy atom. The van der Waals surface area contributed by atoms with Crippen molar-refractivity contribution in [3.05, 3.63) is 88.4 Å². The highest BCUT2D eigenvalue weighted by molar-refractivity contribution is 9.10. The van der Waals surface area contributed by atoms with Gasteiger partial charge in [-0.3, -0.25) is 4.79 Å². The van der Waals surface area contributed by atoms with Gasteiger partial charge in [-0.15, -0.1) is 0 Å². The number of carbonyl (C=O) groups excluding carboxylic acids is 1. The molecule has 7 nitrogen and oxygen atoms in total. The first kappa shape index (κ1) is 22.3. The van der Waals surface area contributed by atoms with Crippen molar-refractivity contribution in [2.75, 3.05) is 6.79 Å². The zero-order valence-electron chi connectivity index (χ0n) is 17.0. The summed E-state index contributed by atoms with van der Waals surface area (Å²) in [5.41, 5.74) is 1.66. The van der Waals surface area contributed by atoms with E-state index in [-0.39, 0.29) is 24.7 Å². The number of nitrogens with one attached hydrogen (secondary N) is 2. The van der Waals surface area contributed by atoms with Gasteiger partial charge in [-0.2, -0.15) is 4.72 Å². The summed E-state index contributed by atoms with van der Waals surface area (Å²) in [5, 5.41) is 2.82. The van der Waals surface area contributed by atoms with Gasteiger partial charge in [0.1, 0.15) is 6.04 Å². The van der Waals surface area contributed by atoms with Crippen LogP contribution in [-0.4, -0.2) is 27.2 Å². The second kappa shape index (κ2) is 9.72. The van der Waals surface area contributed by atoms with Crippen LogP contribution in [0.4, 0.5) is 0 Å². The zero-order valence-corrected chi connectivity index (χ0v) is 19.4. The Hall–Kier alpha value is -2.88. The SMILES string of the molecule is O=C(NCc1ccc2c(c1)OCO2)[C@@H](Cc1ccccc1)NS(=O)(=O)c1ccc(Br)cc1. The van der Waals surface area contributed by atoms with Gasteiger partial charge < -0.3 is 14.8 Å². The summed E-state index contributed by atoms with van der Waals surface area (Å²) in [7, 11) is -3.90. The lowest BCUT2D eigenvalue weighted by Gasteiger charge is -2.19. The first-order chi connectivity index (χ1) is 15.4. The Morgan fingerprint density at radius 1 is 0.938 bits per heavy atom. The molecular weight excluding hydrogens is 496 g/mol. The molecule has 166 valence electrons. The van der Waals surface area contributed by atoms with E-state index >= 15 is 0 Å². The quantitative estimate of drug-likeness (QED) is 0.478. The summed E-state index contributed by atoms with van der Waals surface area (Å²) in [6.45, 7) is 0.392. The smallest absolute Gasteiger partial charge is 0.241 e. The molecule has 0 saturated carbocycles. The Labute approximate surface area is 194 Å². The summed E-state index contributed by atoms with van der Waals surface area (Å²) in [6.07, 6.45) is 0.212. The normalized spacial score (nSPS) is 13.5. The maximum Gasteiger partial charge on any atom is 0.241 e. The predicted octanol–water partition coefficient (Wildman–Crippen LogP) is 3.38. The second-order valence-corrected chi connectivity index (χ2v) is 9.85. The topological polar surface area (TPSA) is 93.7 Å². The molecule has 3 aromatic rings. The summed E-state index contributed by atoms with van der Waals surface area (Å²) in [6, 6.07) is 19.9. The van der Waals surface area contributed by atoms with Crippen LogP contribution in [0.25, 0.3) is 0 Å². The number of ether oxygens (including phenoxy) is 2. The Kier molecular flexibility index (Phi) is 6.78. The van der Waals surface area contributed by atoms with Crippen LogP contribution < -0.4 is 19.5 Å². The number of hydrogen-bond donors (Lipinski definition) is 2. The van der Waals surface area contributed by atoms with Gasteiger partial charge in [0.15, 0.2) is 11.5 Å². The molecule has 1 atom stereocenters. The molecule has 1 heterocycles. The number of amides is 1. The van der Waals surface area contributed by atoms with E-state index in [1.54, 1.807) is 24.3 Å². The van der Waals surface area contributed by atoms with Crippen molar-refractivity contribution in [3.63, 3.8) is 0 Å². The van der Waals surface area contributed by atoms with Crippen LogP contribution in [0.15, 0.2) is 82.2 Å². The van der Waals surface area contributed by atoms with Gasteiger partial charge in [-0.05, 0) is 53.9 Å². The maximum absolute atomic E-state index is 13.0. The number of fused-ring (bicyclic) bond motifs is 1. The number of rotatable bonds is 8. The number of hydrogen-bond acceptors (Lipinski definition) is 5. The molecule has 0 saturated heterocycles. The van der Waals surface area contributed by atoms with E-state index in [4.69, 9.17) is 9.47 Å². The molecule has 1 aliphatic heterocycles. The standard InChI is InChI=1S/C23H21BrN2O5S/c24-18-7-9-19(10-8-18)32(28,29)26-20(12-16-4-2-1-3-5-16)23(27)25-14-17-6-11-21-22(13-17)31-15-30-21/h1-11,13,20,26H,12,14-15H2,(H,25,27)/t20-/m1/s1. The minimum atomic E-state index is -3.90. The predicted molar refractivity (Wildman–Crippen MR) is 123 cm³/mol. The van der Waals surface area contributed by atoms with Gasteiger partial charge in [0.25, 0.3) is 0 Å². The van der Waals surface area contributed by atoms with Crippen molar-refractivity contribution in [2.45, 2.75) is 23.9 Å². The van der Waals surface area contributed by atoms with Gasteiger partial charge in [-0.1, -0.05) is 52.3 Å². The first-order valence-electron chi connectivity index (χ1n) is 9.89. The van der Waals surface area contributed by atoms with E-state index in [0.29, 0.717) is 11.5 Å². The van der Waals surface area contributed by atoms with Crippen LogP contribution in [0.1, 0.15) is 11.1 Å². The van der Waals surface area contributed by atoms with Crippen LogP contribution in [0.5, 0.6) is 11.5 Å². The van der Waals surface area contributed by atoms with Crippen molar-refractivity contribution >= 4 is 31.9 Å². The Morgan fingerprint density at radius 3 is 2.41 bits per heavy atom. The van der Waals surface area contributed by atoms with Crippen molar-refractivity contribution in [3.8, 4) is 11.5 Å². The first-order valence-corrected chi connectivity index (χ1v) is 12.2. The van der Waals surface area contributed by atoms with E-state index in [1.807, 2.05) is 36.4 Å². The molecule has 0 aromatic heterocycles. The number of sulfonamides is 1. The third kappa shape index (κ3) is 5.48. The molecule has 0 unspecified atom stereocenters. The maximum atomic E-state index is 13.0. The molecule has 3 aromatic carbocycles. The molecule has 0 aliphatic carbocycles. The molecule has 2 N–H and O–H groups in total. The number of halogens is 1. The van der Waals surface area contributed by atoms with E-state index in [0.717, 1.165) is 15.6 Å². The Bertz CT molecular complexity index is 1200. The highest BCUT2D eigenvalue weighted by Crippen LogP contribution is 2.32. The summed E-state index contributed by atoms with van der Waals surface area (Å²) in [4.78, 5) is 13.1. The largest absolute Gasteiger partial charge is 0.454 e. The lowest BCUT2D eigenvalue weighted by Crippen LogP contribution is -2.47. The Balaban J connectivity index is 1.50. The number of carbonyl (C=O) groups is 1. The van der Waals surface area contributed by atoms with Crippen LogP contribution in [0.2, 0.25) is 0 Å². The van der Waals surface area contributed by atoms with E-state index in [1.165, 1.54) is 12.1 Å². The highest BCUT2D eigenvalue weighted by Gasteiger charge is 2.26. The van der Waals surface area contributed by atoms with Crippen molar-refractivity contribution in [1.29, 1.82) is 0 Å². The summed E-state index contributed by atoms with van der Waals surface area (Å²) in [5.74, 6) is 0.852. The van der Waals surface area contributed by atoms with Crippen LogP contribution >= 0.6 is 15.9 Å². The summed E-state index contributed by atoms with van der Waals surface area (Å²) >= 11 is 3.30. The lowest BCUT2D eigenvalue weighted by molar-refractivity contribution is -0.122. The van der Waals surface area contributed by atoms with Gasteiger partial charge in [-0.25, -0.2) is 8.42 Å². The monoisotopic (exact) mass is 516 g/mol. The molecule has 32 heavy (non-hydrogen) atoms. The molecule has 0 fully saturated rings. The molecule has 9 heteroatoms. The van der Waals surface area contributed by atoms with Crippen molar-refractivity contribution in [2.24, 2.45) is 0 Å². The second-order valence-electron chi connectivity index (χ2n) is 7.22.